The first kappa shape index (κ1) is 29.3. The van der Waals surface area contributed by atoms with Crippen molar-refractivity contribution in [3.05, 3.63) is 70.8 Å². The first-order chi connectivity index (χ1) is 19.8. The van der Waals surface area contributed by atoms with Gasteiger partial charge in [0.2, 0.25) is 5.95 Å². The highest BCUT2D eigenvalue weighted by Gasteiger charge is 2.33. The Labute approximate surface area is 240 Å². The fourth-order valence-electron chi connectivity index (χ4n) is 6.47. The van der Waals surface area contributed by atoms with Crippen molar-refractivity contribution in [2.24, 2.45) is 11.8 Å². The van der Waals surface area contributed by atoms with E-state index < -0.39 is 17.6 Å². The maximum atomic E-state index is 14.5. The van der Waals surface area contributed by atoms with Gasteiger partial charge in [0, 0.05) is 56.5 Å². The Morgan fingerprint density at radius 1 is 1.24 bits per heavy atom. The largest absolute Gasteiger partial charge is 0.481 e. The van der Waals surface area contributed by atoms with Crippen LogP contribution in [0.1, 0.15) is 45.4 Å². The standard InChI is InChI=1S/C31H41F2N5O3/c1-3-21-4-5-23(29(14-21)37-11-8-22(9-12-37)30(39)40)17-38-13-10-34-31(38)35-20-41-19-24-16-36(2)18-27(24)26-7-6-25(32)15-28(26)33/h4-5,10,13,15,19,22,27,29H,3,6-9,11-12,14,16-18,20H2,1-2H3,(H,34,35)(H,39,40)/b24-19+/t27-,29?/m1/s1. The number of rotatable bonds is 10. The molecule has 4 aliphatic rings. The molecule has 2 aliphatic heterocycles. The minimum absolute atomic E-state index is 0.108. The zero-order valence-corrected chi connectivity index (χ0v) is 24.0. The fourth-order valence-corrected chi connectivity index (χ4v) is 6.47. The molecule has 2 N–H and O–H groups in total. The van der Waals surface area contributed by atoms with Crippen molar-refractivity contribution in [3.63, 3.8) is 0 Å². The SMILES string of the molecule is CCC1=CC=C(Cn2ccnc2NCO/C=C2\CN(C)C[C@H]2C2=C(F)C=C(F)CC2)C(N2CCC(C(=O)O)CC2)C1. The monoisotopic (exact) mass is 569 g/mol. The van der Waals surface area contributed by atoms with Crippen LogP contribution in [-0.2, 0) is 16.1 Å². The van der Waals surface area contributed by atoms with E-state index in [1.807, 2.05) is 13.2 Å². The Morgan fingerprint density at radius 3 is 2.78 bits per heavy atom. The first-order valence-corrected chi connectivity index (χ1v) is 14.7. The minimum atomic E-state index is -0.688. The molecule has 2 aliphatic carbocycles. The van der Waals surface area contributed by atoms with Crippen LogP contribution in [0.3, 0.4) is 0 Å². The van der Waals surface area contributed by atoms with E-state index in [1.54, 1.807) is 12.5 Å². The number of piperidine rings is 1. The molecule has 0 saturated carbocycles. The van der Waals surface area contributed by atoms with Gasteiger partial charge in [0.15, 0.2) is 6.73 Å². The van der Waals surface area contributed by atoms with E-state index in [9.17, 15) is 18.7 Å². The molecule has 5 rings (SSSR count). The lowest BCUT2D eigenvalue weighted by molar-refractivity contribution is -0.143. The molecule has 1 unspecified atom stereocenters. The van der Waals surface area contributed by atoms with E-state index >= 15 is 0 Å². The van der Waals surface area contributed by atoms with Crippen LogP contribution in [0.5, 0.6) is 0 Å². The van der Waals surface area contributed by atoms with Crippen LogP contribution in [0.25, 0.3) is 0 Å². The quantitative estimate of drug-likeness (QED) is 0.221. The van der Waals surface area contributed by atoms with E-state index in [1.165, 1.54) is 11.1 Å². The number of carbonyl (C=O) groups is 1. The Hall–Kier alpha value is -3.24. The summed E-state index contributed by atoms with van der Waals surface area (Å²) in [6.07, 6.45) is 14.8. The molecule has 2 fully saturated rings. The van der Waals surface area contributed by atoms with Crippen molar-refractivity contribution in [2.45, 2.75) is 58.0 Å². The number of likely N-dealkylation sites (N-methyl/N-ethyl adjacent to an activating group) is 1. The van der Waals surface area contributed by atoms with Crippen molar-refractivity contribution in [2.75, 3.05) is 45.3 Å². The predicted octanol–water partition coefficient (Wildman–Crippen LogP) is 5.42. The summed E-state index contributed by atoms with van der Waals surface area (Å²) >= 11 is 0. The van der Waals surface area contributed by atoms with Crippen molar-refractivity contribution in [1.29, 1.82) is 0 Å². The summed E-state index contributed by atoms with van der Waals surface area (Å²) in [7, 11) is 1.99. The van der Waals surface area contributed by atoms with Gasteiger partial charge in [-0.25, -0.2) is 13.8 Å². The molecular formula is C31H41F2N5O3. The lowest BCUT2D eigenvalue weighted by Gasteiger charge is -2.39. The predicted molar refractivity (Wildman–Crippen MR) is 154 cm³/mol. The summed E-state index contributed by atoms with van der Waals surface area (Å²) in [5.74, 6) is -1.21. The maximum absolute atomic E-state index is 14.5. The number of hydrogen-bond acceptors (Lipinski definition) is 6. The van der Waals surface area contributed by atoms with Crippen molar-refractivity contribution in [3.8, 4) is 0 Å². The van der Waals surface area contributed by atoms with E-state index in [0.717, 1.165) is 37.6 Å². The number of aromatic nitrogens is 2. The summed E-state index contributed by atoms with van der Waals surface area (Å²) in [6.45, 7) is 5.99. The molecule has 0 amide bonds. The van der Waals surface area contributed by atoms with Gasteiger partial charge in [-0.3, -0.25) is 9.69 Å². The Kier molecular flexibility index (Phi) is 9.39. The molecule has 0 radical (unpaired) electrons. The van der Waals surface area contributed by atoms with Crippen molar-refractivity contribution >= 4 is 11.9 Å². The Morgan fingerprint density at radius 2 is 2.05 bits per heavy atom. The van der Waals surface area contributed by atoms with E-state index in [4.69, 9.17) is 4.74 Å². The van der Waals surface area contributed by atoms with Gasteiger partial charge < -0.3 is 24.6 Å². The van der Waals surface area contributed by atoms with Crippen molar-refractivity contribution < 1.29 is 23.4 Å². The number of halogens is 2. The first-order valence-electron chi connectivity index (χ1n) is 14.7. The van der Waals surface area contributed by atoms with Crippen LogP contribution < -0.4 is 5.32 Å². The second-order valence-electron chi connectivity index (χ2n) is 11.6. The summed E-state index contributed by atoms with van der Waals surface area (Å²) in [6, 6.07) is 0.245. The third kappa shape index (κ3) is 6.98. The van der Waals surface area contributed by atoms with Gasteiger partial charge in [0.25, 0.3) is 0 Å². The van der Waals surface area contributed by atoms with Gasteiger partial charge in [-0.15, -0.1) is 0 Å². The van der Waals surface area contributed by atoms with Crippen LogP contribution in [-0.4, -0.2) is 76.4 Å². The zero-order valence-electron chi connectivity index (χ0n) is 24.0. The molecule has 0 spiro atoms. The van der Waals surface area contributed by atoms with E-state index in [0.29, 0.717) is 50.4 Å². The highest BCUT2D eigenvalue weighted by molar-refractivity contribution is 5.70. The second kappa shape index (κ2) is 13.2. The van der Waals surface area contributed by atoms with Crippen molar-refractivity contribution in [1.82, 2.24) is 19.4 Å². The third-order valence-electron chi connectivity index (χ3n) is 8.85. The third-order valence-corrected chi connectivity index (χ3v) is 8.85. The molecule has 1 aromatic heterocycles. The molecule has 1 aromatic rings. The number of allylic oxidation sites excluding steroid dienone is 5. The van der Waals surface area contributed by atoms with Crippen LogP contribution in [0.4, 0.5) is 14.7 Å². The van der Waals surface area contributed by atoms with Crippen LogP contribution in [0.15, 0.2) is 70.8 Å². The molecule has 8 nitrogen and oxygen atoms in total. The van der Waals surface area contributed by atoms with Gasteiger partial charge in [-0.1, -0.05) is 24.6 Å². The average molecular weight is 570 g/mol. The molecule has 41 heavy (non-hydrogen) atoms. The zero-order chi connectivity index (χ0) is 28.9. The van der Waals surface area contributed by atoms with Gasteiger partial charge in [-0.2, -0.15) is 0 Å². The van der Waals surface area contributed by atoms with Gasteiger partial charge in [-0.05, 0) is 69.0 Å². The summed E-state index contributed by atoms with van der Waals surface area (Å²) < 4.78 is 36.0. The van der Waals surface area contributed by atoms with Gasteiger partial charge in [0.1, 0.15) is 11.7 Å². The lowest BCUT2D eigenvalue weighted by Crippen LogP contribution is -2.45. The number of imidazole rings is 1. The Balaban J connectivity index is 1.21. The number of carboxylic acid groups (broad SMARTS) is 1. The summed E-state index contributed by atoms with van der Waals surface area (Å²) in [5.41, 5.74) is 4.33. The van der Waals surface area contributed by atoms with Gasteiger partial charge in [0.05, 0.1) is 12.2 Å². The Bertz CT molecular complexity index is 1270. The van der Waals surface area contributed by atoms with E-state index in [2.05, 4.69) is 43.7 Å². The van der Waals surface area contributed by atoms with Crippen LogP contribution in [0.2, 0.25) is 0 Å². The smallest absolute Gasteiger partial charge is 0.306 e. The number of nitrogens with one attached hydrogen (secondary N) is 1. The number of carboxylic acids is 1. The molecule has 10 heteroatoms. The number of likely N-dealkylation sites (tertiary alicyclic amines) is 2. The molecule has 222 valence electrons. The highest BCUT2D eigenvalue weighted by Crippen LogP contribution is 2.37. The molecule has 3 heterocycles. The lowest BCUT2D eigenvalue weighted by atomic mass is 9.87. The highest BCUT2D eigenvalue weighted by atomic mass is 19.1. The second-order valence-corrected chi connectivity index (χ2v) is 11.6. The molecule has 0 aromatic carbocycles. The summed E-state index contributed by atoms with van der Waals surface area (Å²) in [4.78, 5) is 20.5. The normalized spacial score (nSPS) is 25.8. The maximum Gasteiger partial charge on any atom is 0.306 e. The number of aliphatic carboxylic acids is 1. The summed E-state index contributed by atoms with van der Waals surface area (Å²) in [5, 5.41) is 12.7. The van der Waals surface area contributed by atoms with Crippen LogP contribution in [0, 0.1) is 11.8 Å². The van der Waals surface area contributed by atoms with Gasteiger partial charge >= 0.3 is 5.97 Å². The number of ether oxygens (including phenoxy) is 1. The number of nitrogens with zero attached hydrogens (tertiary/aromatic N) is 4. The van der Waals surface area contributed by atoms with Crippen LogP contribution >= 0.6 is 0 Å². The molecule has 0 bridgehead atoms. The molecular weight excluding hydrogens is 528 g/mol. The fraction of sp³-hybridized carbons (Fsp3) is 0.548. The van der Waals surface area contributed by atoms with E-state index in [-0.39, 0.29) is 31.0 Å². The number of anilines is 1. The number of hydrogen-bond donors (Lipinski definition) is 2. The molecule has 2 saturated heterocycles. The minimum Gasteiger partial charge on any atom is -0.481 e. The topological polar surface area (TPSA) is 82.9 Å². The molecule has 2 atom stereocenters. The average Bonchev–Trinajstić information content (AvgIpc) is 3.56.